The van der Waals surface area contributed by atoms with Crippen molar-refractivity contribution in [3.8, 4) is 0 Å². The highest BCUT2D eigenvalue weighted by Gasteiger charge is 2.20. The molecular formula is C11H13BrFNO2. The highest BCUT2D eigenvalue weighted by Crippen LogP contribution is 2.21. The third-order valence-corrected chi connectivity index (χ3v) is 2.88. The van der Waals surface area contributed by atoms with Crippen molar-refractivity contribution in [3.63, 3.8) is 0 Å². The van der Waals surface area contributed by atoms with Crippen molar-refractivity contribution in [3.05, 3.63) is 34.1 Å². The van der Waals surface area contributed by atoms with E-state index in [2.05, 4.69) is 15.9 Å². The van der Waals surface area contributed by atoms with Crippen molar-refractivity contribution in [2.45, 2.75) is 6.92 Å². The molecule has 88 valence electrons. The Morgan fingerprint density at radius 3 is 2.75 bits per heavy atom. The molecule has 1 rings (SSSR count). The Kier molecular flexibility index (Phi) is 4.89. The van der Waals surface area contributed by atoms with Gasteiger partial charge in [-0.25, -0.2) is 4.39 Å². The lowest BCUT2D eigenvalue weighted by molar-refractivity contribution is 0.0726. The number of hydrogen-bond donors (Lipinski definition) is 1. The molecule has 0 atom stereocenters. The van der Waals surface area contributed by atoms with Gasteiger partial charge in [-0.3, -0.25) is 4.79 Å². The highest BCUT2D eigenvalue weighted by molar-refractivity contribution is 9.10. The van der Waals surface area contributed by atoms with Crippen LogP contribution in [0, 0.1) is 5.82 Å². The summed E-state index contributed by atoms with van der Waals surface area (Å²) >= 11 is 3.15. The maximum absolute atomic E-state index is 13.5. The van der Waals surface area contributed by atoms with E-state index in [9.17, 15) is 9.18 Å². The van der Waals surface area contributed by atoms with Crippen LogP contribution in [0.4, 0.5) is 4.39 Å². The van der Waals surface area contributed by atoms with Gasteiger partial charge in [0.15, 0.2) is 0 Å². The van der Waals surface area contributed by atoms with E-state index in [1.165, 1.54) is 17.0 Å². The van der Waals surface area contributed by atoms with Crippen LogP contribution in [-0.4, -0.2) is 35.6 Å². The molecule has 1 amide bonds. The molecule has 0 radical (unpaired) electrons. The minimum Gasteiger partial charge on any atom is -0.395 e. The molecule has 0 aliphatic carbocycles. The fourth-order valence-electron chi connectivity index (χ4n) is 1.38. The first-order chi connectivity index (χ1) is 7.61. The van der Waals surface area contributed by atoms with Gasteiger partial charge in [0.2, 0.25) is 0 Å². The van der Waals surface area contributed by atoms with Crippen molar-refractivity contribution in [2.24, 2.45) is 0 Å². The summed E-state index contributed by atoms with van der Waals surface area (Å²) < 4.78 is 13.9. The van der Waals surface area contributed by atoms with E-state index in [1.807, 2.05) is 0 Å². The molecule has 1 aromatic carbocycles. The Morgan fingerprint density at radius 2 is 2.25 bits per heavy atom. The summed E-state index contributed by atoms with van der Waals surface area (Å²) in [5, 5.41) is 8.80. The smallest absolute Gasteiger partial charge is 0.258 e. The number of likely N-dealkylation sites (N-methyl/N-ethyl adjacent to an activating group) is 1. The summed E-state index contributed by atoms with van der Waals surface area (Å²) in [5.74, 6) is -0.975. The number of benzene rings is 1. The number of hydrogen-bond acceptors (Lipinski definition) is 2. The zero-order valence-electron chi connectivity index (χ0n) is 8.91. The number of aliphatic hydroxyl groups is 1. The van der Waals surface area contributed by atoms with E-state index in [0.29, 0.717) is 11.0 Å². The zero-order chi connectivity index (χ0) is 12.1. The predicted molar refractivity (Wildman–Crippen MR) is 62.8 cm³/mol. The Morgan fingerprint density at radius 1 is 1.56 bits per heavy atom. The van der Waals surface area contributed by atoms with Gasteiger partial charge in [0, 0.05) is 17.6 Å². The second kappa shape index (κ2) is 5.96. The van der Waals surface area contributed by atoms with Crippen molar-refractivity contribution in [1.29, 1.82) is 0 Å². The average molecular weight is 290 g/mol. The van der Waals surface area contributed by atoms with E-state index in [4.69, 9.17) is 5.11 Å². The number of nitrogens with zero attached hydrogens (tertiary/aromatic N) is 1. The first-order valence-corrected chi connectivity index (χ1v) is 5.75. The van der Waals surface area contributed by atoms with E-state index < -0.39 is 11.7 Å². The number of carbonyl (C=O) groups excluding carboxylic acids is 1. The van der Waals surface area contributed by atoms with Crippen LogP contribution in [0.3, 0.4) is 0 Å². The zero-order valence-corrected chi connectivity index (χ0v) is 10.5. The number of aliphatic hydroxyl groups excluding tert-OH is 1. The third-order valence-electron chi connectivity index (χ3n) is 2.22. The predicted octanol–water partition coefficient (Wildman–Crippen LogP) is 2.04. The Hall–Kier alpha value is -0.940. The van der Waals surface area contributed by atoms with Crippen LogP contribution in [-0.2, 0) is 0 Å². The van der Waals surface area contributed by atoms with E-state index >= 15 is 0 Å². The molecule has 16 heavy (non-hydrogen) atoms. The van der Waals surface area contributed by atoms with Crippen LogP contribution in [0.5, 0.6) is 0 Å². The van der Waals surface area contributed by atoms with Crippen molar-refractivity contribution in [1.82, 2.24) is 4.90 Å². The van der Waals surface area contributed by atoms with Crippen LogP contribution in [0.15, 0.2) is 22.7 Å². The third kappa shape index (κ3) is 2.80. The lowest BCUT2D eigenvalue weighted by Gasteiger charge is -2.20. The molecule has 3 nitrogen and oxygen atoms in total. The first-order valence-electron chi connectivity index (χ1n) is 4.96. The maximum atomic E-state index is 13.5. The summed E-state index contributed by atoms with van der Waals surface area (Å²) in [4.78, 5) is 13.3. The molecule has 5 heteroatoms. The molecule has 0 saturated carbocycles. The highest BCUT2D eigenvalue weighted by atomic mass is 79.9. The lowest BCUT2D eigenvalue weighted by atomic mass is 10.2. The quantitative estimate of drug-likeness (QED) is 0.922. The summed E-state index contributed by atoms with van der Waals surface area (Å²) in [5.41, 5.74) is 0.0119. The monoisotopic (exact) mass is 289 g/mol. The summed E-state index contributed by atoms with van der Waals surface area (Å²) in [6.45, 7) is 2.28. The molecule has 0 unspecified atom stereocenters. The molecule has 1 N–H and O–H groups in total. The molecule has 0 spiro atoms. The fourth-order valence-corrected chi connectivity index (χ4v) is 1.90. The van der Waals surface area contributed by atoms with E-state index in [1.54, 1.807) is 13.0 Å². The van der Waals surface area contributed by atoms with Crippen molar-refractivity contribution in [2.75, 3.05) is 19.7 Å². The Balaban J connectivity index is 3.03. The number of halogens is 2. The summed E-state index contributed by atoms with van der Waals surface area (Å²) in [6.07, 6.45) is 0. The second-order valence-corrected chi connectivity index (χ2v) is 4.06. The van der Waals surface area contributed by atoms with Gasteiger partial charge in [0.05, 0.1) is 12.2 Å². The molecule has 0 heterocycles. The summed E-state index contributed by atoms with van der Waals surface area (Å²) in [7, 11) is 0. The van der Waals surface area contributed by atoms with Gasteiger partial charge >= 0.3 is 0 Å². The van der Waals surface area contributed by atoms with Crippen LogP contribution in [0.1, 0.15) is 17.3 Å². The molecule has 1 aromatic rings. The molecule has 0 saturated heterocycles. The minimum absolute atomic E-state index is 0.0119. The minimum atomic E-state index is -0.559. The molecule has 0 aromatic heterocycles. The topological polar surface area (TPSA) is 40.5 Å². The Labute approximate surface area is 102 Å². The van der Waals surface area contributed by atoms with Gasteiger partial charge < -0.3 is 10.0 Å². The average Bonchev–Trinajstić information content (AvgIpc) is 2.25. The lowest BCUT2D eigenvalue weighted by Crippen LogP contribution is -2.34. The van der Waals surface area contributed by atoms with Crippen LogP contribution in [0.2, 0.25) is 0 Å². The fraction of sp³-hybridized carbons (Fsp3) is 0.364. The number of rotatable bonds is 4. The van der Waals surface area contributed by atoms with Gasteiger partial charge in [-0.2, -0.15) is 0 Å². The molecule has 0 bridgehead atoms. The van der Waals surface area contributed by atoms with E-state index in [-0.39, 0.29) is 18.7 Å². The van der Waals surface area contributed by atoms with Gasteiger partial charge in [0.25, 0.3) is 5.91 Å². The van der Waals surface area contributed by atoms with Crippen LogP contribution >= 0.6 is 15.9 Å². The molecule has 0 aliphatic heterocycles. The van der Waals surface area contributed by atoms with Crippen LogP contribution in [0.25, 0.3) is 0 Å². The van der Waals surface area contributed by atoms with Crippen molar-refractivity contribution >= 4 is 21.8 Å². The van der Waals surface area contributed by atoms with Crippen molar-refractivity contribution < 1.29 is 14.3 Å². The second-order valence-electron chi connectivity index (χ2n) is 3.21. The van der Waals surface area contributed by atoms with Crippen LogP contribution < -0.4 is 0 Å². The van der Waals surface area contributed by atoms with Gasteiger partial charge in [-0.1, -0.05) is 6.07 Å². The van der Waals surface area contributed by atoms with Gasteiger partial charge in [-0.05, 0) is 35.0 Å². The first kappa shape index (κ1) is 13.1. The standard InChI is InChI=1S/C11H13BrFNO2/c1-2-14(6-7-15)11(16)10-8(12)4-3-5-9(10)13/h3-5,15H,2,6-7H2,1H3. The number of carbonyl (C=O) groups is 1. The molecule has 0 fully saturated rings. The van der Waals surface area contributed by atoms with Gasteiger partial charge in [-0.15, -0.1) is 0 Å². The number of amides is 1. The maximum Gasteiger partial charge on any atom is 0.258 e. The SMILES string of the molecule is CCN(CCO)C(=O)c1c(F)cccc1Br. The largest absolute Gasteiger partial charge is 0.395 e. The Bertz CT molecular complexity index is 364. The molecule has 0 aliphatic rings. The summed E-state index contributed by atoms with van der Waals surface area (Å²) in [6, 6.07) is 4.38. The van der Waals surface area contributed by atoms with Gasteiger partial charge in [0.1, 0.15) is 5.82 Å². The normalized spacial score (nSPS) is 10.2. The molecular weight excluding hydrogens is 277 g/mol. The van der Waals surface area contributed by atoms with E-state index in [0.717, 1.165) is 0 Å².